The number of carboxylic acids is 1. The van der Waals surface area contributed by atoms with Gasteiger partial charge >= 0.3 is 12.0 Å². The Kier molecular flexibility index (Phi) is 4.76. The lowest BCUT2D eigenvalue weighted by Gasteiger charge is -2.37. The van der Waals surface area contributed by atoms with Crippen molar-refractivity contribution in [2.45, 2.75) is 31.1 Å². The van der Waals surface area contributed by atoms with Gasteiger partial charge in [0.2, 0.25) is 0 Å². The number of rotatable bonds is 4. The smallest absolute Gasteiger partial charge is 0.326 e. The van der Waals surface area contributed by atoms with E-state index in [0.717, 1.165) is 5.75 Å². The van der Waals surface area contributed by atoms with Crippen LogP contribution in [0.4, 0.5) is 4.79 Å². The van der Waals surface area contributed by atoms with Gasteiger partial charge in [0.15, 0.2) is 0 Å². The number of urea groups is 1. The van der Waals surface area contributed by atoms with Crippen LogP contribution in [0, 0.1) is 0 Å². The summed E-state index contributed by atoms with van der Waals surface area (Å²) in [6.07, 6.45) is 3.23. The van der Waals surface area contributed by atoms with Crippen molar-refractivity contribution in [1.29, 1.82) is 0 Å². The third-order valence-electron chi connectivity index (χ3n) is 3.29. The van der Waals surface area contributed by atoms with E-state index in [9.17, 15) is 14.7 Å². The molecular formula is C13H20N4O3S. The summed E-state index contributed by atoms with van der Waals surface area (Å²) in [5.74, 6) is -0.192. The van der Waals surface area contributed by atoms with Crippen molar-refractivity contribution in [1.82, 2.24) is 20.2 Å². The standard InChI is InChI=1S/C13H20N4O3S/c1-13(2)7-17(3-4-21-13)12(20)16-10(11(18)19)5-9-6-14-8-15-9/h6,8,10H,3-5,7H2,1-2H3,(H,14,15)(H,16,20)(H,18,19)/t10-/m0/s1. The minimum atomic E-state index is -1.05. The Morgan fingerprint density at radius 3 is 2.95 bits per heavy atom. The highest BCUT2D eigenvalue weighted by molar-refractivity contribution is 8.00. The number of amides is 2. The van der Waals surface area contributed by atoms with Crippen LogP contribution in [0.2, 0.25) is 0 Å². The molecular weight excluding hydrogens is 292 g/mol. The summed E-state index contributed by atoms with van der Waals surface area (Å²) in [5, 5.41) is 11.8. The van der Waals surface area contributed by atoms with Crippen LogP contribution in [0.25, 0.3) is 0 Å². The Morgan fingerprint density at radius 1 is 1.62 bits per heavy atom. The lowest BCUT2D eigenvalue weighted by atomic mass is 10.1. The quantitative estimate of drug-likeness (QED) is 0.768. The molecule has 1 aromatic rings. The van der Waals surface area contributed by atoms with Gasteiger partial charge in [0, 0.05) is 41.9 Å². The number of aromatic nitrogens is 2. The van der Waals surface area contributed by atoms with E-state index in [1.54, 1.807) is 11.1 Å². The van der Waals surface area contributed by atoms with Crippen molar-refractivity contribution < 1.29 is 14.7 Å². The molecule has 1 aliphatic heterocycles. The van der Waals surface area contributed by atoms with Gasteiger partial charge in [-0.3, -0.25) is 0 Å². The molecule has 1 aromatic heterocycles. The molecule has 21 heavy (non-hydrogen) atoms. The maximum Gasteiger partial charge on any atom is 0.326 e. The van der Waals surface area contributed by atoms with E-state index in [4.69, 9.17) is 0 Å². The van der Waals surface area contributed by atoms with Gasteiger partial charge in [-0.2, -0.15) is 11.8 Å². The van der Waals surface area contributed by atoms with E-state index in [1.165, 1.54) is 6.33 Å². The number of aromatic amines is 1. The Morgan fingerprint density at radius 2 is 2.38 bits per heavy atom. The van der Waals surface area contributed by atoms with Crippen molar-refractivity contribution >= 4 is 23.8 Å². The highest BCUT2D eigenvalue weighted by atomic mass is 32.2. The number of thioether (sulfide) groups is 1. The number of hydrogen-bond donors (Lipinski definition) is 3. The number of nitrogens with one attached hydrogen (secondary N) is 2. The first kappa shape index (κ1) is 15.7. The topological polar surface area (TPSA) is 98.3 Å². The van der Waals surface area contributed by atoms with Crippen molar-refractivity contribution in [2.24, 2.45) is 0 Å². The predicted molar refractivity (Wildman–Crippen MR) is 80.4 cm³/mol. The molecule has 2 rings (SSSR count). The van der Waals surface area contributed by atoms with Crippen LogP contribution in [-0.4, -0.2) is 61.6 Å². The van der Waals surface area contributed by atoms with Crippen LogP contribution in [0.3, 0.4) is 0 Å². The monoisotopic (exact) mass is 312 g/mol. The Labute approximate surface area is 127 Å². The molecule has 0 aliphatic carbocycles. The number of aliphatic carboxylic acids is 1. The van der Waals surface area contributed by atoms with Crippen LogP contribution in [0.1, 0.15) is 19.5 Å². The second kappa shape index (κ2) is 6.38. The van der Waals surface area contributed by atoms with Crippen molar-refractivity contribution in [3.05, 3.63) is 18.2 Å². The van der Waals surface area contributed by atoms with Gasteiger partial charge < -0.3 is 20.3 Å². The van der Waals surface area contributed by atoms with Crippen LogP contribution >= 0.6 is 11.8 Å². The highest BCUT2D eigenvalue weighted by Gasteiger charge is 2.31. The van der Waals surface area contributed by atoms with Gasteiger partial charge in [-0.15, -0.1) is 0 Å². The van der Waals surface area contributed by atoms with Gasteiger partial charge in [-0.1, -0.05) is 0 Å². The summed E-state index contributed by atoms with van der Waals surface area (Å²) in [7, 11) is 0. The number of H-pyrrole nitrogens is 1. The van der Waals surface area contributed by atoms with Gasteiger partial charge in [0.1, 0.15) is 6.04 Å². The fourth-order valence-electron chi connectivity index (χ4n) is 2.25. The van der Waals surface area contributed by atoms with E-state index in [-0.39, 0.29) is 17.2 Å². The highest BCUT2D eigenvalue weighted by Crippen LogP contribution is 2.29. The molecule has 2 heterocycles. The molecule has 0 unspecified atom stereocenters. The SMILES string of the molecule is CC1(C)CN(C(=O)N[C@@H](Cc2cnc[nH]2)C(=O)O)CCS1. The minimum Gasteiger partial charge on any atom is -0.480 e. The molecule has 1 fully saturated rings. The predicted octanol–water partition coefficient (Wildman–Crippen LogP) is 0.942. The number of carboxylic acid groups (broad SMARTS) is 1. The average Bonchev–Trinajstić information content (AvgIpc) is 2.89. The zero-order chi connectivity index (χ0) is 15.5. The third-order valence-corrected chi connectivity index (χ3v) is 4.58. The molecule has 7 nitrogen and oxygen atoms in total. The van der Waals surface area contributed by atoms with Gasteiger partial charge in [0.25, 0.3) is 0 Å². The molecule has 0 radical (unpaired) electrons. The van der Waals surface area contributed by atoms with Gasteiger partial charge in [-0.25, -0.2) is 14.6 Å². The van der Waals surface area contributed by atoms with E-state index in [2.05, 4.69) is 29.1 Å². The zero-order valence-corrected chi connectivity index (χ0v) is 12.9. The maximum atomic E-state index is 12.2. The number of imidazole rings is 1. The Bertz CT molecular complexity index is 504. The normalized spacial score (nSPS) is 19.0. The lowest BCUT2D eigenvalue weighted by molar-refractivity contribution is -0.139. The first-order chi connectivity index (χ1) is 9.87. The average molecular weight is 312 g/mol. The van der Waals surface area contributed by atoms with Crippen LogP contribution in [0.5, 0.6) is 0 Å². The first-order valence-corrected chi connectivity index (χ1v) is 7.75. The molecule has 0 spiro atoms. The number of nitrogens with zero attached hydrogens (tertiary/aromatic N) is 2. The molecule has 8 heteroatoms. The van der Waals surface area contributed by atoms with E-state index in [1.807, 2.05) is 11.8 Å². The summed E-state index contributed by atoms with van der Waals surface area (Å²) in [4.78, 5) is 31.9. The van der Waals surface area contributed by atoms with Crippen LogP contribution < -0.4 is 5.32 Å². The summed E-state index contributed by atoms with van der Waals surface area (Å²) in [6.45, 7) is 5.41. The minimum absolute atomic E-state index is 0.00230. The van der Waals surface area contributed by atoms with Gasteiger partial charge in [-0.05, 0) is 13.8 Å². The van der Waals surface area contributed by atoms with Crippen molar-refractivity contribution in [2.75, 3.05) is 18.8 Å². The second-order valence-corrected chi connectivity index (χ2v) is 7.45. The lowest BCUT2D eigenvalue weighted by Crippen LogP contribution is -2.54. The molecule has 0 bridgehead atoms. The zero-order valence-electron chi connectivity index (χ0n) is 12.1. The maximum absolute atomic E-state index is 12.2. The summed E-state index contributed by atoms with van der Waals surface area (Å²) < 4.78 is -0.00230. The Balaban J connectivity index is 1.96. The van der Waals surface area contributed by atoms with Crippen LogP contribution in [0.15, 0.2) is 12.5 Å². The molecule has 0 saturated carbocycles. The fourth-order valence-corrected chi connectivity index (χ4v) is 3.36. The molecule has 1 atom stereocenters. The molecule has 1 aliphatic rings. The van der Waals surface area contributed by atoms with E-state index < -0.39 is 12.0 Å². The molecule has 3 N–H and O–H groups in total. The van der Waals surface area contributed by atoms with Crippen LogP contribution in [-0.2, 0) is 11.2 Å². The van der Waals surface area contributed by atoms with Crippen molar-refractivity contribution in [3.63, 3.8) is 0 Å². The first-order valence-electron chi connectivity index (χ1n) is 6.77. The Hall–Kier alpha value is -1.70. The second-order valence-electron chi connectivity index (χ2n) is 5.65. The largest absolute Gasteiger partial charge is 0.480 e. The summed E-state index contributed by atoms with van der Waals surface area (Å²) in [5.41, 5.74) is 0.678. The number of carbonyl (C=O) groups is 2. The molecule has 116 valence electrons. The fraction of sp³-hybridized carbons (Fsp3) is 0.615. The van der Waals surface area contributed by atoms with E-state index >= 15 is 0 Å². The summed E-state index contributed by atoms with van der Waals surface area (Å²) >= 11 is 1.82. The van der Waals surface area contributed by atoms with Crippen molar-refractivity contribution in [3.8, 4) is 0 Å². The van der Waals surface area contributed by atoms with E-state index in [0.29, 0.717) is 18.8 Å². The molecule has 2 amide bonds. The number of carbonyl (C=O) groups excluding carboxylic acids is 1. The molecule has 0 aromatic carbocycles. The third kappa shape index (κ3) is 4.38. The van der Waals surface area contributed by atoms with Gasteiger partial charge in [0.05, 0.1) is 6.33 Å². The number of hydrogen-bond acceptors (Lipinski definition) is 4. The summed E-state index contributed by atoms with van der Waals surface area (Å²) in [6, 6.07) is -1.29. The molecule has 1 saturated heterocycles.